The van der Waals surface area contributed by atoms with Crippen LogP contribution in [0.1, 0.15) is 32.1 Å². The maximum atomic E-state index is 11.0. The minimum absolute atomic E-state index is 0.0796. The number of carbonyl (C=O) groups is 1. The molecule has 0 unspecified atom stereocenters. The van der Waals surface area contributed by atoms with E-state index in [2.05, 4.69) is 5.32 Å². The molecule has 12 heavy (non-hydrogen) atoms. The van der Waals surface area contributed by atoms with Crippen molar-refractivity contribution in [1.82, 2.24) is 5.32 Å². The first-order valence-corrected chi connectivity index (χ1v) is 4.70. The van der Waals surface area contributed by atoms with Crippen LogP contribution in [0.5, 0.6) is 0 Å². The van der Waals surface area contributed by atoms with E-state index in [0.717, 1.165) is 12.5 Å². The first-order chi connectivity index (χ1) is 5.83. The van der Waals surface area contributed by atoms with Gasteiger partial charge in [-0.1, -0.05) is 6.42 Å². The van der Waals surface area contributed by atoms with Gasteiger partial charge in [0.2, 0.25) is 5.91 Å². The molecule has 0 saturated heterocycles. The Hall–Kier alpha value is -0.570. The largest absolute Gasteiger partial charge is 0.396 e. The van der Waals surface area contributed by atoms with Gasteiger partial charge >= 0.3 is 0 Å². The quantitative estimate of drug-likeness (QED) is 0.639. The Morgan fingerprint density at radius 1 is 1.50 bits per heavy atom. The predicted octanol–water partition coefficient (Wildman–Crippen LogP) is 0.675. The van der Waals surface area contributed by atoms with Crippen molar-refractivity contribution >= 4 is 5.91 Å². The summed E-state index contributed by atoms with van der Waals surface area (Å²) in [6, 6.07) is 0. The van der Waals surface area contributed by atoms with Crippen molar-refractivity contribution in [3.05, 3.63) is 0 Å². The molecule has 1 fully saturated rings. The van der Waals surface area contributed by atoms with Crippen molar-refractivity contribution in [3.63, 3.8) is 0 Å². The highest BCUT2D eigenvalue weighted by molar-refractivity contribution is 5.75. The van der Waals surface area contributed by atoms with Gasteiger partial charge in [0.05, 0.1) is 0 Å². The normalized spacial score (nSPS) is 17.1. The van der Waals surface area contributed by atoms with Gasteiger partial charge in [0.1, 0.15) is 0 Å². The fourth-order valence-corrected chi connectivity index (χ4v) is 1.28. The molecule has 1 rings (SSSR count). The number of nitrogens with one attached hydrogen (secondary N) is 1. The monoisotopic (exact) mass is 171 g/mol. The fraction of sp³-hybridized carbons (Fsp3) is 0.889. The van der Waals surface area contributed by atoms with E-state index >= 15 is 0 Å². The molecule has 0 aliphatic heterocycles. The van der Waals surface area contributed by atoms with E-state index in [9.17, 15) is 4.79 Å². The minimum Gasteiger partial charge on any atom is -0.396 e. The number of amides is 1. The van der Waals surface area contributed by atoms with E-state index in [1.165, 1.54) is 19.3 Å². The van der Waals surface area contributed by atoms with Crippen molar-refractivity contribution in [2.75, 3.05) is 13.2 Å². The van der Waals surface area contributed by atoms with Gasteiger partial charge in [-0.15, -0.1) is 0 Å². The summed E-state index contributed by atoms with van der Waals surface area (Å²) in [5.41, 5.74) is 0. The summed E-state index contributed by atoms with van der Waals surface area (Å²) in [7, 11) is 0. The molecule has 0 aromatic heterocycles. The third-order valence-corrected chi connectivity index (χ3v) is 2.37. The molecule has 3 nitrogen and oxygen atoms in total. The number of hydrogen-bond donors (Lipinski definition) is 2. The Morgan fingerprint density at radius 2 is 2.25 bits per heavy atom. The number of rotatable bonds is 5. The molecule has 3 heteroatoms. The van der Waals surface area contributed by atoms with Crippen molar-refractivity contribution < 1.29 is 9.90 Å². The maximum absolute atomic E-state index is 11.0. The van der Waals surface area contributed by atoms with Gasteiger partial charge in [-0.3, -0.25) is 4.79 Å². The van der Waals surface area contributed by atoms with Gasteiger partial charge in [0.15, 0.2) is 0 Å². The van der Waals surface area contributed by atoms with Crippen molar-refractivity contribution in [3.8, 4) is 0 Å². The summed E-state index contributed by atoms with van der Waals surface area (Å²) < 4.78 is 0. The molecule has 0 heterocycles. The van der Waals surface area contributed by atoms with Crippen LogP contribution in [-0.4, -0.2) is 24.2 Å². The smallest absolute Gasteiger partial charge is 0.220 e. The van der Waals surface area contributed by atoms with Crippen LogP contribution in [0.2, 0.25) is 0 Å². The van der Waals surface area contributed by atoms with Crippen LogP contribution >= 0.6 is 0 Å². The molecule has 0 aromatic carbocycles. The second-order valence-electron chi connectivity index (χ2n) is 3.43. The van der Waals surface area contributed by atoms with Crippen LogP contribution in [0.3, 0.4) is 0 Å². The molecular formula is C9H17NO2. The Bertz CT molecular complexity index is 143. The third-order valence-electron chi connectivity index (χ3n) is 2.37. The summed E-state index contributed by atoms with van der Waals surface area (Å²) in [5, 5.41) is 11.3. The van der Waals surface area contributed by atoms with E-state index < -0.39 is 0 Å². The zero-order valence-electron chi connectivity index (χ0n) is 7.38. The molecule has 1 amide bonds. The van der Waals surface area contributed by atoms with Crippen LogP contribution in [0, 0.1) is 5.92 Å². The van der Waals surface area contributed by atoms with Gasteiger partial charge in [0, 0.05) is 19.6 Å². The fourth-order valence-electron chi connectivity index (χ4n) is 1.28. The van der Waals surface area contributed by atoms with Crippen LogP contribution < -0.4 is 5.32 Å². The average Bonchev–Trinajstić information content (AvgIpc) is 1.98. The summed E-state index contributed by atoms with van der Waals surface area (Å²) in [5.74, 6) is 0.805. The Labute approximate surface area is 73.2 Å². The molecule has 0 atom stereocenters. The summed E-state index contributed by atoms with van der Waals surface area (Å²) >= 11 is 0. The first kappa shape index (κ1) is 9.52. The zero-order valence-corrected chi connectivity index (χ0v) is 7.38. The first-order valence-electron chi connectivity index (χ1n) is 4.70. The lowest BCUT2D eigenvalue weighted by molar-refractivity contribution is -0.121. The molecular weight excluding hydrogens is 154 g/mol. The lowest BCUT2D eigenvalue weighted by Crippen LogP contribution is -2.32. The van der Waals surface area contributed by atoms with Crippen LogP contribution in [-0.2, 0) is 4.79 Å². The highest BCUT2D eigenvalue weighted by atomic mass is 16.3. The van der Waals surface area contributed by atoms with Gasteiger partial charge in [-0.05, 0) is 25.2 Å². The van der Waals surface area contributed by atoms with Crippen molar-refractivity contribution in [1.29, 1.82) is 0 Å². The minimum atomic E-state index is 0.0796. The number of aliphatic hydroxyl groups is 1. The van der Waals surface area contributed by atoms with E-state index in [0.29, 0.717) is 12.8 Å². The molecule has 0 spiro atoms. The third kappa shape index (κ3) is 3.22. The molecule has 0 radical (unpaired) electrons. The molecule has 2 N–H and O–H groups in total. The summed E-state index contributed by atoms with van der Waals surface area (Å²) in [6.07, 6.45) is 4.89. The lowest BCUT2D eigenvalue weighted by Gasteiger charge is -2.25. The lowest BCUT2D eigenvalue weighted by atomic mass is 9.85. The average molecular weight is 171 g/mol. The Kier molecular flexibility index (Phi) is 4.08. The Morgan fingerprint density at radius 3 is 2.75 bits per heavy atom. The Balaban J connectivity index is 1.94. The van der Waals surface area contributed by atoms with Crippen molar-refractivity contribution in [2.45, 2.75) is 32.1 Å². The van der Waals surface area contributed by atoms with Crippen LogP contribution in [0.15, 0.2) is 0 Å². The summed E-state index contributed by atoms with van der Waals surface area (Å²) in [6.45, 7) is 0.946. The highest BCUT2D eigenvalue weighted by Gasteiger charge is 2.17. The van der Waals surface area contributed by atoms with Crippen LogP contribution in [0.25, 0.3) is 0 Å². The topological polar surface area (TPSA) is 49.3 Å². The van der Waals surface area contributed by atoms with E-state index in [1.807, 2.05) is 0 Å². The molecule has 1 aliphatic carbocycles. The van der Waals surface area contributed by atoms with E-state index in [1.54, 1.807) is 0 Å². The zero-order chi connectivity index (χ0) is 8.81. The van der Waals surface area contributed by atoms with Gasteiger partial charge < -0.3 is 10.4 Å². The molecule has 0 aromatic rings. The van der Waals surface area contributed by atoms with Gasteiger partial charge in [0.25, 0.3) is 0 Å². The number of aliphatic hydroxyl groups excluding tert-OH is 1. The van der Waals surface area contributed by atoms with E-state index in [-0.39, 0.29) is 12.5 Å². The summed E-state index contributed by atoms with van der Waals surface area (Å²) in [4.78, 5) is 11.0. The van der Waals surface area contributed by atoms with E-state index in [4.69, 9.17) is 5.11 Å². The SMILES string of the molecule is O=C(CCCO)NCC1CCC1. The molecule has 0 bridgehead atoms. The van der Waals surface area contributed by atoms with Gasteiger partial charge in [-0.25, -0.2) is 0 Å². The second kappa shape index (κ2) is 5.14. The number of hydrogen-bond acceptors (Lipinski definition) is 2. The predicted molar refractivity (Wildman–Crippen MR) is 46.7 cm³/mol. The maximum Gasteiger partial charge on any atom is 0.220 e. The molecule has 70 valence electrons. The number of carbonyl (C=O) groups excluding carboxylic acids is 1. The molecule has 1 aliphatic rings. The highest BCUT2D eigenvalue weighted by Crippen LogP contribution is 2.25. The van der Waals surface area contributed by atoms with Crippen molar-refractivity contribution in [2.24, 2.45) is 5.92 Å². The van der Waals surface area contributed by atoms with Gasteiger partial charge in [-0.2, -0.15) is 0 Å². The standard InChI is InChI=1S/C9H17NO2/c11-6-2-5-9(12)10-7-8-3-1-4-8/h8,11H,1-7H2,(H,10,12). The second-order valence-corrected chi connectivity index (χ2v) is 3.43. The van der Waals surface area contributed by atoms with Crippen LogP contribution in [0.4, 0.5) is 0 Å². The molecule has 1 saturated carbocycles.